The minimum absolute atomic E-state index is 0.152. The van der Waals surface area contributed by atoms with Crippen molar-refractivity contribution in [1.29, 1.82) is 0 Å². The largest absolute Gasteiger partial charge is 0.483 e. The van der Waals surface area contributed by atoms with Gasteiger partial charge in [-0.05, 0) is 50.6 Å². The standard InChI is InChI=1S/C16H27N5OS.2CH2O2/c1-19(2)15-17-16(23-18-15)21-9-11-7-13(20-5-3-4-6-20)14(22)8-12(11)10-21;2*2-1-3/h11-14,22H,3-10H2,1-2H3;2*1H,(H,2,3)/t11-,12+,13-,14-;;/m1../s1. The van der Waals surface area contributed by atoms with Gasteiger partial charge in [0.05, 0.1) is 6.10 Å². The topological polar surface area (TPSA) is 130 Å². The number of likely N-dealkylation sites (tertiary alicyclic amines) is 1. The van der Waals surface area contributed by atoms with Crippen molar-refractivity contribution >= 4 is 35.6 Å². The smallest absolute Gasteiger partial charge is 0.290 e. The summed E-state index contributed by atoms with van der Waals surface area (Å²) in [6.45, 7) is 3.94. The summed E-state index contributed by atoms with van der Waals surface area (Å²) < 4.78 is 4.43. The fourth-order valence-electron chi connectivity index (χ4n) is 4.55. The molecule has 10 nitrogen and oxygen atoms in total. The molecular formula is C18H31N5O5S. The first-order valence-corrected chi connectivity index (χ1v) is 10.6. The van der Waals surface area contributed by atoms with E-state index in [4.69, 9.17) is 19.8 Å². The molecule has 164 valence electrons. The number of fused-ring (bicyclic) bond motifs is 1. The summed E-state index contributed by atoms with van der Waals surface area (Å²) in [7, 11) is 3.96. The average Bonchev–Trinajstić information content (AvgIpc) is 3.42. The summed E-state index contributed by atoms with van der Waals surface area (Å²) in [6.07, 6.45) is 4.52. The first-order chi connectivity index (χ1) is 13.9. The lowest BCUT2D eigenvalue weighted by Crippen LogP contribution is -2.48. The fourth-order valence-corrected chi connectivity index (χ4v) is 5.30. The van der Waals surface area contributed by atoms with Crippen LogP contribution in [0.25, 0.3) is 0 Å². The van der Waals surface area contributed by atoms with Gasteiger partial charge in [0.1, 0.15) is 0 Å². The Labute approximate surface area is 174 Å². The Hall–Kier alpha value is -1.98. The third-order valence-electron chi connectivity index (χ3n) is 5.79. The number of rotatable bonds is 3. The van der Waals surface area contributed by atoms with Crippen LogP contribution >= 0.6 is 11.5 Å². The summed E-state index contributed by atoms with van der Waals surface area (Å²) in [5.41, 5.74) is 0. The van der Waals surface area contributed by atoms with Crippen LogP contribution in [-0.2, 0) is 9.59 Å². The van der Waals surface area contributed by atoms with Crippen molar-refractivity contribution in [2.75, 3.05) is 50.1 Å². The number of carbonyl (C=O) groups is 2. The van der Waals surface area contributed by atoms with E-state index in [0.717, 1.165) is 37.0 Å². The number of nitrogens with zero attached hydrogens (tertiary/aromatic N) is 5. The van der Waals surface area contributed by atoms with Crippen LogP contribution in [0.2, 0.25) is 0 Å². The number of hydrogen-bond acceptors (Lipinski definition) is 9. The molecule has 4 rings (SSSR count). The minimum atomic E-state index is -0.250. The SMILES string of the molecule is CN(C)c1nsc(N2C[C@H]3C[C@@H](N4CCCC4)[C@H](O)C[C@H]3C2)n1.O=CO.O=CO. The second-order valence-corrected chi connectivity index (χ2v) is 8.49. The molecule has 3 fully saturated rings. The third-order valence-corrected chi connectivity index (χ3v) is 6.56. The Morgan fingerprint density at radius 1 is 1.07 bits per heavy atom. The predicted octanol–water partition coefficient (Wildman–Crippen LogP) is 0.677. The Morgan fingerprint density at radius 2 is 1.62 bits per heavy atom. The molecule has 0 aromatic carbocycles. The van der Waals surface area contributed by atoms with Crippen LogP contribution < -0.4 is 9.80 Å². The Kier molecular flexibility index (Phi) is 9.05. The normalized spacial score (nSPS) is 28.4. The molecule has 4 atom stereocenters. The van der Waals surface area contributed by atoms with E-state index >= 15 is 0 Å². The predicted molar refractivity (Wildman–Crippen MR) is 111 cm³/mol. The van der Waals surface area contributed by atoms with Gasteiger partial charge < -0.3 is 25.1 Å². The molecule has 2 saturated heterocycles. The minimum Gasteiger partial charge on any atom is -0.483 e. The van der Waals surface area contributed by atoms with Gasteiger partial charge in [-0.1, -0.05) is 0 Å². The Balaban J connectivity index is 0.000000449. The summed E-state index contributed by atoms with van der Waals surface area (Å²) in [5.74, 6) is 2.10. The summed E-state index contributed by atoms with van der Waals surface area (Å²) in [4.78, 5) is 28.2. The molecule has 29 heavy (non-hydrogen) atoms. The molecule has 3 aliphatic rings. The maximum Gasteiger partial charge on any atom is 0.290 e. The van der Waals surface area contributed by atoms with Crippen LogP contribution in [0, 0.1) is 11.8 Å². The van der Waals surface area contributed by atoms with Crippen LogP contribution in [0.15, 0.2) is 0 Å². The van der Waals surface area contributed by atoms with Gasteiger partial charge in [0.2, 0.25) is 11.1 Å². The van der Waals surface area contributed by atoms with E-state index in [1.807, 2.05) is 19.0 Å². The summed E-state index contributed by atoms with van der Waals surface area (Å²) in [6, 6.07) is 0.380. The van der Waals surface area contributed by atoms with Gasteiger partial charge in [-0.2, -0.15) is 9.36 Å². The van der Waals surface area contributed by atoms with E-state index in [1.165, 1.54) is 37.5 Å². The number of anilines is 2. The van der Waals surface area contributed by atoms with E-state index in [-0.39, 0.29) is 19.0 Å². The molecule has 3 heterocycles. The highest BCUT2D eigenvalue weighted by atomic mass is 32.1. The molecule has 0 unspecified atom stereocenters. The van der Waals surface area contributed by atoms with Gasteiger partial charge in [0.15, 0.2) is 0 Å². The highest BCUT2D eigenvalue weighted by molar-refractivity contribution is 7.09. The molecular weight excluding hydrogens is 398 g/mol. The van der Waals surface area contributed by atoms with Gasteiger partial charge in [0, 0.05) is 44.8 Å². The number of carboxylic acid groups (broad SMARTS) is 2. The lowest BCUT2D eigenvalue weighted by molar-refractivity contribution is -0.123. The summed E-state index contributed by atoms with van der Waals surface area (Å²) >= 11 is 1.50. The van der Waals surface area contributed by atoms with Gasteiger partial charge in [-0.15, -0.1) is 0 Å². The van der Waals surface area contributed by atoms with E-state index in [2.05, 4.69) is 19.2 Å². The van der Waals surface area contributed by atoms with Crippen molar-refractivity contribution in [3.63, 3.8) is 0 Å². The van der Waals surface area contributed by atoms with Crippen LogP contribution in [0.3, 0.4) is 0 Å². The van der Waals surface area contributed by atoms with E-state index in [9.17, 15) is 5.11 Å². The number of hydrogen-bond donors (Lipinski definition) is 3. The van der Waals surface area contributed by atoms with Crippen molar-refractivity contribution < 1.29 is 24.9 Å². The van der Waals surface area contributed by atoms with Crippen molar-refractivity contribution in [2.24, 2.45) is 11.8 Å². The quantitative estimate of drug-likeness (QED) is 0.590. The number of aliphatic hydroxyl groups is 1. The Morgan fingerprint density at radius 3 is 2.14 bits per heavy atom. The van der Waals surface area contributed by atoms with Crippen molar-refractivity contribution in [3.8, 4) is 0 Å². The van der Waals surface area contributed by atoms with Crippen LogP contribution in [0.4, 0.5) is 11.1 Å². The van der Waals surface area contributed by atoms with E-state index < -0.39 is 0 Å². The monoisotopic (exact) mass is 429 g/mol. The van der Waals surface area contributed by atoms with E-state index in [1.54, 1.807) is 0 Å². The molecule has 0 spiro atoms. The zero-order valence-corrected chi connectivity index (χ0v) is 17.7. The molecule has 1 aromatic rings. The molecule has 11 heteroatoms. The zero-order chi connectivity index (χ0) is 21.4. The van der Waals surface area contributed by atoms with Crippen molar-refractivity contribution in [1.82, 2.24) is 14.3 Å². The first kappa shape index (κ1) is 23.3. The van der Waals surface area contributed by atoms with Crippen molar-refractivity contribution in [3.05, 3.63) is 0 Å². The molecule has 2 aliphatic heterocycles. The molecule has 0 bridgehead atoms. The van der Waals surface area contributed by atoms with Crippen LogP contribution in [-0.4, -0.2) is 94.9 Å². The van der Waals surface area contributed by atoms with Gasteiger partial charge in [-0.25, -0.2) is 0 Å². The molecule has 1 aliphatic carbocycles. The highest BCUT2D eigenvalue weighted by Crippen LogP contribution is 2.41. The third kappa shape index (κ3) is 6.00. The van der Waals surface area contributed by atoms with E-state index in [0.29, 0.717) is 17.9 Å². The zero-order valence-electron chi connectivity index (χ0n) is 16.9. The summed E-state index contributed by atoms with van der Waals surface area (Å²) in [5, 5.41) is 25.4. The second-order valence-electron chi connectivity index (χ2n) is 7.76. The molecule has 1 saturated carbocycles. The molecule has 3 N–H and O–H groups in total. The second kappa shape index (κ2) is 11.3. The lowest BCUT2D eigenvalue weighted by atomic mass is 9.77. The maximum atomic E-state index is 10.6. The fraction of sp³-hybridized carbons (Fsp3) is 0.778. The van der Waals surface area contributed by atoms with Gasteiger partial charge in [-0.3, -0.25) is 14.5 Å². The highest BCUT2D eigenvalue weighted by Gasteiger charge is 2.44. The maximum absolute atomic E-state index is 10.6. The van der Waals surface area contributed by atoms with Crippen LogP contribution in [0.1, 0.15) is 25.7 Å². The Bertz CT molecular complexity index is 634. The lowest BCUT2D eigenvalue weighted by Gasteiger charge is -2.40. The van der Waals surface area contributed by atoms with Crippen LogP contribution in [0.5, 0.6) is 0 Å². The van der Waals surface area contributed by atoms with Crippen molar-refractivity contribution in [2.45, 2.75) is 37.8 Å². The average molecular weight is 430 g/mol. The molecule has 0 amide bonds. The first-order valence-electron chi connectivity index (χ1n) is 9.78. The molecule has 0 radical (unpaired) electrons. The number of aromatic nitrogens is 2. The van der Waals surface area contributed by atoms with Gasteiger partial charge >= 0.3 is 0 Å². The number of aliphatic hydroxyl groups excluding tert-OH is 1. The molecule has 1 aromatic heterocycles. The van der Waals surface area contributed by atoms with Gasteiger partial charge in [0.25, 0.3) is 12.9 Å².